The first-order valence-corrected chi connectivity index (χ1v) is 12.1. The number of ether oxygens (including phenoxy) is 3. The number of anilines is 1. The van der Waals surface area contributed by atoms with Crippen molar-refractivity contribution < 1.29 is 23.8 Å². The minimum Gasteiger partial charge on any atom is -0.489 e. The summed E-state index contributed by atoms with van der Waals surface area (Å²) >= 11 is 12.5. The van der Waals surface area contributed by atoms with Crippen molar-refractivity contribution in [1.82, 2.24) is 0 Å². The molecule has 0 amide bonds. The van der Waals surface area contributed by atoms with E-state index in [0.717, 1.165) is 11.1 Å². The Morgan fingerprint density at radius 1 is 0.730 bits per heavy atom. The maximum Gasteiger partial charge on any atom is 0.346 e. The third kappa shape index (κ3) is 6.61. The van der Waals surface area contributed by atoms with Gasteiger partial charge in [0.15, 0.2) is 0 Å². The molecule has 0 aliphatic carbocycles. The van der Waals surface area contributed by atoms with Crippen LogP contribution in [0.3, 0.4) is 0 Å². The molecule has 4 aromatic carbocycles. The monoisotopic (exact) mass is 535 g/mol. The van der Waals surface area contributed by atoms with Gasteiger partial charge in [0.1, 0.15) is 24.7 Å². The number of benzene rings is 4. The molecule has 4 rings (SSSR count). The third-order valence-electron chi connectivity index (χ3n) is 5.60. The van der Waals surface area contributed by atoms with Gasteiger partial charge in [0, 0.05) is 32.9 Å². The van der Waals surface area contributed by atoms with Crippen LogP contribution in [0, 0.1) is 6.92 Å². The van der Waals surface area contributed by atoms with E-state index in [1.165, 1.54) is 12.1 Å². The van der Waals surface area contributed by atoms with Crippen molar-refractivity contribution in [2.45, 2.75) is 20.1 Å². The van der Waals surface area contributed by atoms with Crippen LogP contribution in [0.5, 0.6) is 11.5 Å². The Bertz CT molecular complexity index is 1390. The fourth-order valence-corrected chi connectivity index (χ4v) is 3.86. The standard InChI is InChI=1S/C29H23Cl2NO5/c1-18-24(9-6-12-27(18)32)29(34)37-28(33)21-13-22(35-16-19-7-2-4-10-25(19)30)15-23(14-21)36-17-20-8-3-5-11-26(20)31/h2-15H,16-17,32H2,1H3. The number of hydrogen-bond acceptors (Lipinski definition) is 6. The quantitative estimate of drug-likeness (QED) is 0.148. The molecule has 37 heavy (non-hydrogen) atoms. The average molecular weight is 536 g/mol. The molecule has 0 bridgehead atoms. The SMILES string of the molecule is Cc1c(N)cccc1C(=O)OC(=O)c1cc(OCc2ccccc2Cl)cc(OCc2ccccc2Cl)c1. The van der Waals surface area contributed by atoms with Crippen LogP contribution in [0.1, 0.15) is 37.4 Å². The smallest absolute Gasteiger partial charge is 0.346 e. The van der Waals surface area contributed by atoms with Crippen LogP contribution in [-0.4, -0.2) is 11.9 Å². The van der Waals surface area contributed by atoms with Gasteiger partial charge in [0.25, 0.3) is 0 Å². The molecule has 0 saturated carbocycles. The number of carbonyl (C=O) groups is 2. The largest absolute Gasteiger partial charge is 0.489 e. The molecule has 0 saturated heterocycles. The van der Waals surface area contributed by atoms with E-state index in [4.69, 9.17) is 43.1 Å². The molecule has 0 heterocycles. The minimum absolute atomic E-state index is 0.0701. The summed E-state index contributed by atoms with van der Waals surface area (Å²) in [6.45, 7) is 1.99. The van der Waals surface area contributed by atoms with Crippen molar-refractivity contribution in [3.63, 3.8) is 0 Å². The summed E-state index contributed by atoms with van der Waals surface area (Å²) in [6.07, 6.45) is 0. The zero-order valence-electron chi connectivity index (χ0n) is 19.9. The summed E-state index contributed by atoms with van der Waals surface area (Å²) in [5, 5.41) is 1.10. The number of nitrogen functional groups attached to an aromatic ring is 1. The normalized spacial score (nSPS) is 10.6. The van der Waals surface area contributed by atoms with Gasteiger partial charge in [-0.05, 0) is 48.9 Å². The molecule has 8 heteroatoms. The molecule has 0 spiro atoms. The lowest BCUT2D eigenvalue weighted by Crippen LogP contribution is -2.15. The molecule has 2 N–H and O–H groups in total. The van der Waals surface area contributed by atoms with Crippen LogP contribution in [0.2, 0.25) is 10.0 Å². The highest BCUT2D eigenvalue weighted by molar-refractivity contribution is 6.31. The Balaban J connectivity index is 1.58. The molecular weight excluding hydrogens is 513 g/mol. The molecule has 0 fully saturated rings. The maximum absolute atomic E-state index is 13.0. The summed E-state index contributed by atoms with van der Waals surface area (Å²) in [5.74, 6) is -1.01. The van der Waals surface area contributed by atoms with Crippen LogP contribution in [0.4, 0.5) is 5.69 Å². The molecule has 0 aliphatic heterocycles. The van der Waals surface area contributed by atoms with E-state index in [9.17, 15) is 9.59 Å². The number of rotatable bonds is 8. The van der Waals surface area contributed by atoms with E-state index in [1.54, 1.807) is 43.3 Å². The first kappa shape index (κ1) is 26.1. The number of esters is 2. The zero-order chi connectivity index (χ0) is 26.4. The van der Waals surface area contributed by atoms with E-state index >= 15 is 0 Å². The van der Waals surface area contributed by atoms with Crippen molar-refractivity contribution >= 4 is 40.8 Å². The summed E-state index contributed by atoms with van der Waals surface area (Å²) in [7, 11) is 0. The van der Waals surface area contributed by atoms with E-state index in [1.807, 2.05) is 36.4 Å². The van der Waals surface area contributed by atoms with Gasteiger partial charge < -0.3 is 19.9 Å². The van der Waals surface area contributed by atoms with Crippen LogP contribution in [-0.2, 0) is 18.0 Å². The van der Waals surface area contributed by atoms with Gasteiger partial charge in [-0.2, -0.15) is 0 Å². The Labute approximate surface area is 224 Å². The van der Waals surface area contributed by atoms with E-state index in [-0.39, 0.29) is 24.3 Å². The maximum atomic E-state index is 13.0. The Morgan fingerprint density at radius 2 is 1.27 bits per heavy atom. The Morgan fingerprint density at radius 3 is 1.81 bits per heavy atom. The fraction of sp³-hybridized carbons (Fsp3) is 0.103. The van der Waals surface area contributed by atoms with Crippen molar-refractivity contribution in [3.05, 3.63) is 123 Å². The molecule has 0 aromatic heterocycles. The van der Waals surface area contributed by atoms with Crippen molar-refractivity contribution in [2.75, 3.05) is 5.73 Å². The van der Waals surface area contributed by atoms with Gasteiger partial charge in [-0.3, -0.25) is 0 Å². The van der Waals surface area contributed by atoms with Crippen molar-refractivity contribution in [2.24, 2.45) is 0 Å². The highest BCUT2D eigenvalue weighted by atomic mass is 35.5. The second kappa shape index (κ2) is 11.8. The number of nitrogens with two attached hydrogens (primary N) is 1. The van der Waals surface area contributed by atoms with E-state index in [0.29, 0.717) is 32.8 Å². The summed E-state index contributed by atoms with van der Waals surface area (Å²) in [6, 6.07) is 23.9. The highest BCUT2D eigenvalue weighted by Gasteiger charge is 2.19. The molecule has 0 atom stereocenters. The lowest BCUT2D eigenvalue weighted by Gasteiger charge is -2.13. The first-order chi connectivity index (χ1) is 17.8. The number of carbonyl (C=O) groups excluding carboxylic acids is 2. The van der Waals surface area contributed by atoms with Crippen LogP contribution >= 0.6 is 23.2 Å². The van der Waals surface area contributed by atoms with Gasteiger partial charge in [-0.1, -0.05) is 65.7 Å². The number of hydrogen-bond donors (Lipinski definition) is 1. The Kier molecular flexibility index (Phi) is 8.33. The molecule has 188 valence electrons. The molecule has 0 radical (unpaired) electrons. The molecular formula is C29H23Cl2NO5. The Hall–Kier alpha value is -4.00. The summed E-state index contributed by atoms with van der Waals surface area (Å²) in [4.78, 5) is 25.6. The second-order valence-corrected chi connectivity index (χ2v) is 8.96. The van der Waals surface area contributed by atoms with E-state index in [2.05, 4.69) is 0 Å². The first-order valence-electron chi connectivity index (χ1n) is 11.3. The molecule has 4 aromatic rings. The molecule has 0 unspecified atom stereocenters. The minimum atomic E-state index is -0.863. The number of halogens is 2. The van der Waals surface area contributed by atoms with Crippen molar-refractivity contribution in [1.29, 1.82) is 0 Å². The topological polar surface area (TPSA) is 87.9 Å². The van der Waals surface area contributed by atoms with Crippen LogP contribution in [0.25, 0.3) is 0 Å². The average Bonchev–Trinajstić information content (AvgIpc) is 2.89. The van der Waals surface area contributed by atoms with Crippen molar-refractivity contribution in [3.8, 4) is 11.5 Å². The van der Waals surface area contributed by atoms with Gasteiger partial charge in [0.2, 0.25) is 0 Å². The van der Waals surface area contributed by atoms with E-state index < -0.39 is 11.9 Å². The molecule has 0 aliphatic rings. The van der Waals surface area contributed by atoms with Gasteiger partial charge in [-0.25, -0.2) is 9.59 Å². The lowest BCUT2D eigenvalue weighted by molar-refractivity contribution is 0.0396. The predicted octanol–water partition coefficient (Wildman–Crippen LogP) is 7.04. The molecule has 6 nitrogen and oxygen atoms in total. The highest BCUT2D eigenvalue weighted by Crippen LogP contribution is 2.28. The summed E-state index contributed by atoms with van der Waals surface area (Å²) < 4.78 is 17.0. The van der Waals surface area contributed by atoms with Crippen LogP contribution < -0.4 is 15.2 Å². The zero-order valence-corrected chi connectivity index (χ0v) is 21.4. The van der Waals surface area contributed by atoms with Gasteiger partial charge >= 0.3 is 11.9 Å². The second-order valence-electron chi connectivity index (χ2n) is 8.15. The van der Waals surface area contributed by atoms with Crippen LogP contribution in [0.15, 0.2) is 84.9 Å². The van der Waals surface area contributed by atoms with Gasteiger partial charge in [-0.15, -0.1) is 0 Å². The third-order valence-corrected chi connectivity index (χ3v) is 6.34. The summed E-state index contributed by atoms with van der Waals surface area (Å²) in [5.41, 5.74) is 8.64. The van der Waals surface area contributed by atoms with Gasteiger partial charge in [0.05, 0.1) is 11.1 Å². The predicted molar refractivity (Wildman–Crippen MR) is 143 cm³/mol. The lowest BCUT2D eigenvalue weighted by atomic mass is 10.1. The fourth-order valence-electron chi connectivity index (χ4n) is 3.48.